The van der Waals surface area contributed by atoms with Gasteiger partial charge in [0.05, 0.1) is 32.0 Å². The highest BCUT2D eigenvalue weighted by Crippen LogP contribution is 2.68. The Morgan fingerprint density at radius 1 is 1.05 bits per heavy atom. The first-order valence-electron chi connectivity index (χ1n) is 14.8. The van der Waals surface area contributed by atoms with E-state index >= 15 is 0 Å². The molecule has 11 atom stereocenters. The Bertz CT molecular complexity index is 887. The molecule has 0 aromatic rings. The Balaban J connectivity index is 1.41. The summed E-state index contributed by atoms with van der Waals surface area (Å²) in [6.07, 6.45) is 7.00. The first-order chi connectivity index (χ1) is 17.9. The van der Waals surface area contributed by atoms with E-state index in [-0.39, 0.29) is 47.5 Å². The molecule has 0 aromatic carbocycles. The Kier molecular flexibility index (Phi) is 9.00. The minimum absolute atomic E-state index is 0.0765. The number of hydrogen-bond donors (Lipinski definition) is 2. The number of carbonyl (C=O) groups excluding carboxylic acids is 2. The molecule has 0 amide bonds. The molecule has 4 rings (SSSR count). The van der Waals surface area contributed by atoms with Crippen LogP contribution in [0.4, 0.5) is 0 Å². The highest BCUT2D eigenvalue weighted by Gasteiger charge is 2.65. The van der Waals surface area contributed by atoms with Crippen molar-refractivity contribution in [3.63, 3.8) is 0 Å². The van der Waals surface area contributed by atoms with Gasteiger partial charge < -0.3 is 24.4 Å². The van der Waals surface area contributed by atoms with Crippen molar-refractivity contribution in [3.05, 3.63) is 12.2 Å². The van der Waals surface area contributed by atoms with Crippen LogP contribution < -0.4 is 0 Å². The van der Waals surface area contributed by atoms with E-state index in [0.29, 0.717) is 48.2 Å². The Hall–Kier alpha value is -1.44. The number of hydrogen-bond acceptors (Lipinski definition) is 7. The lowest BCUT2D eigenvalue weighted by Gasteiger charge is -2.63. The van der Waals surface area contributed by atoms with Crippen LogP contribution in [0.15, 0.2) is 12.2 Å². The Labute approximate surface area is 228 Å². The second-order valence-corrected chi connectivity index (χ2v) is 13.4. The number of carbonyl (C=O) groups is 2. The van der Waals surface area contributed by atoms with E-state index in [1.807, 2.05) is 0 Å². The van der Waals surface area contributed by atoms with E-state index in [9.17, 15) is 19.8 Å². The van der Waals surface area contributed by atoms with Gasteiger partial charge in [-0.3, -0.25) is 4.79 Å². The third-order valence-corrected chi connectivity index (χ3v) is 11.6. The largest absolute Gasteiger partial charge is 0.469 e. The highest BCUT2D eigenvalue weighted by atomic mass is 16.6. The average Bonchev–Trinajstić information content (AvgIpc) is 3.24. The molecule has 2 N–H and O–H groups in total. The van der Waals surface area contributed by atoms with Gasteiger partial charge in [0, 0.05) is 12.0 Å². The van der Waals surface area contributed by atoms with Crippen molar-refractivity contribution in [2.45, 2.75) is 104 Å². The van der Waals surface area contributed by atoms with Crippen LogP contribution in [0.5, 0.6) is 0 Å². The molecular formula is C31H50O7. The van der Waals surface area contributed by atoms with E-state index in [0.717, 1.165) is 51.4 Å². The number of rotatable bonds is 9. The lowest BCUT2D eigenvalue weighted by molar-refractivity contribution is -0.209. The van der Waals surface area contributed by atoms with Crippen molar-refractivity contribution in [2.75, 3.05) is 20.3 Å². The van der Waals surface area contributed by atoms with Crippen LogP contribution >= 0.6 is 0 Å². The average molecular weight is 535 g/mol. The fourth-order valence-electron chi connectivity index (χ4n) is 9.39. The molecular weight excluding hydrogens is 484 g/mol. The van der Waals surface area contributed by atoms with Crippen LogP contribution in [0.3, 0.4) is 0 Å². The summed E-state index contributed by atoms with van der Waals surface area (Å²) >= 11 is 0. The summed E-state index contributed by atoms with van der Waals surface area (Å²) in [5, 5.41) is 23.3. The number of ether oxygens (including phenoxy) is 3. The normalized spacial score (nSPS) is 42.8. The van der Waals surface area contributed by atoms with Crippen LogP contribution in [0.25, 0.3) is 0 Å². The molecule has 0 spiro atoms. The monoisotopic (exact) mass is 534 g/mol. The molecule has 216 valence electrons. The first kappa shape index (κ1) is 29.5. The molecule has 4 saturated carbocycles. The molecule has 0 saturated heterocycles. The standard InChI is InChI=1S/C31H50O7/c1-18(2)29(35)38-14-13-37-21-11-12-30(4)20(15-21)16-25(32)28-23-9-8-22(19(3)7-10-27(34)36-6)31(23,5)26(33)17-24(28)30/h19-26,28,32-33H,1,7-17H2,2-6H3/t19-,20+,21-,22-,23+,24+,25-,26+,28+,30+,31-/m1/s1. The van der Waals surface area contributed by atoms with E-state index < -0.39 is 6.10 Å². The molecule has 4 aliphatic rings. The van der Waals surface area contributed by atoms with Gasteiger partial charge in [0.2, 0.25) is 0 Å². The second kappa shape index (κ2) is 11.6. The minimum Gasteiger partial charge on any atom is -0.469 e. The molecule has 0 aliphatic heterocycles. The van der Waals surface area contributed by atoms with Crippen molar-refractivity contribution in [1.82, 2.24) is 0 Å². The zero-order chi connectivity index (χ0) is 27.8. The van der Waals surface area contributed by atoms with Gasteiger partial charge in [0.15, 0.2) is 0 Å². The number of methoxy groups -OCH3 is 1. The van der Waals surface area contributed by atoms with Gasteiger partial charge in [-0.25, -0.2) is 4.79 Å². The molecule has 4 fully saturated rings. The molecule has 38 heavy (non-hydrogen) atoms. The van der Waals surface area contributed by atoms with E-state index in [2.05, 4.69) is 27.4 Å². The predicted octanol–water partition coefficient (Wildman–Crippen LogP) is 4.68. The SMILES string of the molecule is C=C(C)C(=O)OCCO[C@@H]1CC[C@@]2(C)[C@@H](C1)C[C@@H](O)[C@@H]1[C@@H]2C[C@H](O)[C@]2(C)[C@@H]([C@H](C)CCC(=O)OC)CC[C@@H]12. The second-order valence-electron chi connectivity index (χ2n) is 13.4. The third kappa shape index (κ3) is 5.32. The van der Waals surface area contributed by atoms with Crippen LogP contribution in [-0.2, 0) is 23.8 Å². The smallest absolute Gasteiger partial charge is 0.333 e. The number of esters is 2. The van der Waals surface area contributed by atoms with Gasteiger partial charge in [-0.05, 0) is 105 Å². The van der Waals surface area contributed by atoms with E-state index in [4.69, 9.17) is 14.2 Å². The van der Waals surface area contributed by atoms with Crippen LogP contribution in [0, 0.1) is 46.3 Å². The topological polar surface area (TPSA) is 102 Å². The number of aliphatic hydroxyl groups is 2. The molecule has 7 nitrogen and oxygen atoms in total. The maximum Gasteiger partial charge on any atom is 0.333 e. The highest BCUT2D eigenvalue weighted by molar-refractivity contribution is 5.86. The Morgan fingerprint density at radius 3 is 2.47 bits per heavy atom. The predicted molar refractivity (Wildman–Crippen MR) is 144 cm³/mol. The summed E-state index contributed by atoms with van der Waals surface area (Å²) < 4.78 is 16.1. The number of aliphatic hydroxyl groups excluding tert-OH is 2. The summed E-state index contributed by atoms with van der Waals surface area (Å²) in [6, 6.07) is 0. The van der Waals surface area contributed by atoms with Crippen molar-refractivity contribution in [2.24, 2.45) is 46.3 Å². The first-order valence-corrected chi connectivity index (χ1v) is 14.8. The molecule has 0 aromatic heterocycles. The van der Waals surface area contributed by atoms with Crippen molar-refractivity contribution in [1.29, 1.82) is 0 Å². The zero-order valence-corrected chi connectivity index (χ0v) is 24.1. The van der Waals surface area contributed by atoms with Crippen molar-refractivity contribution < 1.29 is 34.0 Å². The van der Waals surface area contributed by atoms with E-state index in [1.54, 1.807) is 6.92 Å². The maximum atomic E-state index is 11.8. The molecule has 0 bridgehead atoms. The summed E-state index contributed by atoms with van der Waals surface area (Å²) in [5.41, 5.74) is 0.231. The van der Waals surface area contributed by atoms with Gasteiger partial charge in [-0.15, -0.1) is 0 Å². The summed E-state index contributed by atoms with van der Waals surface area (Å²) in [5.74, 6) is 1.26. The van der Waals surface area contributed by atoms with Gasteiger partial charge in [0.1, 0.15) is 6.61 Å². The van der Waals surface area contributed by atoms with Gasteiger partial charge in [-0.1, -0.05) is 27.4 Å². The van der Waals surface area contributed by atoms with E-state index in [1.165, 1.54) is 7.11 Å². The van der Waals surface area contributed by atoms with Gasteiger partial charge in [0.25, 0.3) is 0 Å². The third-order valence-electron chi connectivity index (χ3n) is 11.6. The minimum atomic E-state index is -0.401. The number of fused-ring (bicyclic) bond motifs is 5. The lowest BCUT2D eigenvalue weighted by atomic mass is 9.43. The van der Waals surface area contributed by atoms with Crippen LogP contribution in [0.2, 0.25) is 0 Å². The zero-order valence-electron chi connectivity index (χ0n) is 24.1. The molecule has 0 heterocycles. The quantitative estimate of drug-likeness (QED) is 0.252. The maximum absolute atomic E-state index is 11.8. The summed E-state index contributed by atoms with van der Waals surface area (Å²) in [6.45, 7) is 12.7. The van der Waals surface area contributed by atoms with Crippen LogP contribution in [-0.4, -0.2) is 60.8 Å². The lowest BCUT2D eigenvalue weighted by Crippen LogP contribution is -2.62. The molecule has 0 unspecified atom stereocenters. The molecule has 7 heteroatoms. The van der Waals surface area contributed by atoms with Gasteiger partial charge in [-0.2, -0.15) is 0 Å². The Morgan fingerprint density at radius 2 is 1.79 bits per heavy atom. The summed E-state index contributed by atoms with van der Waals surface area (Å²) in [4.78, 5) is 23.4. The fourth-order valence-corrected chi connectivity index (χ4v) is 9.39. The molecule has 0 radical (unpaired) electrons. The van der Waals surface area contributed by atoms with Gasteiger partial charge >= 0.3 is 11.9 Å². The fraction of sp³-hybridized carbons (Fsp3) is 0.871. The summed E-state index contributed by atoms with van der Waals surface area (Å²) in [7, 11) is 1.44. The molecule has 4 aliphatic carbocycles. The van der Waals surface area contributed by atoms with Crippen molar-refractivity contribution >= 4 is 11.9 Å². The van der Waals surface area contributed by atoms with Crippen LogP contribution in [0.1, 0.15) is 85.5 Å². The van der Waals surface area contributed by atoms with Crippen molar-refractivity contribution in [3.8, 4) is 0 Å².